The lowest BCUT2D eigenvalue weighted by atomic mass is 10.0. The lowest BCUT2D eigenvalue weighted by Gasteiger charge is -2.12. The molecule has 118 valence electrons. The molecule has 0 unspecified atom stereocenters. The summed E-state index contributed by atoms with van der Waals surface area (Å²) in [5.74, 6) is 0.319. The van der Waals surface area contributed by atoms with Gasteiger partial charge in [0.05, 0.1) is 11.1 Å². The smallest absolute Gasteiger partial charge is 0.158 e. The molecule has 3 heterocycles. The van der Waals surface area contributed by atoms with Crippen molar-refractivity contribution in [3.8, 4) is 11.1 Å². The van der Waals surface area contributed by atoms with E-state index in [0.29, 0.717) is 11.7 Å². The number of nitrogens with one attached hydrogen (secondary N) is 3. The average Bonchev–Trinajstić information content (AvgIpc) is 3.21. The SMILES string of the molecule is Nc1ccc(-c2ccnc3[nH]nc(N[C@@H]4CCNC4)c23)cc1F. The highest BCUT2D eigenvalue weighted by Crippen LogP contribution is 2.33. The summed E-state index contributed by atoms with van der Waals surface area (Å²) in [4.78, 5) is 4.31. The lowest BCUT2D eigenvalue weighted by molar-refractivity contribution is 0.633. The fourth-order valence-corrected chi connectivity index (χ4v) is 2.96. The van der Waals surface area contributed by atoms with Crippen LogP contribution in [0.5, 0.6) is 0 Å². The number of nitrogens with zero attached hydrogens (tertiary/aromatic N) is 2. The maximum absolute atomic E-state index is 13.8. The number of hydrogen-bond acceptors (Lipinski definition) is 5. The number of nitrogens with two attached hydrogens (primary N) is 1. The topological polar surface area (TPSA) is 91.7 Å². The second-order valence-electron chi connectivity index (χ2n) is 5.72. The van der Waals surface area contributed by atoms with Crippen LogP contribution in [0.1, 0.15) is 6.42 Å². The molecular formula is C16H17FN6. The van der Waals surface area contributed by atoms with Gasteiger partial charge in [0.15, 0.2) is 11.5 Å². The maximum atomic E-state index is 13.8. The van der Waals surface area contributed by atoms with Gasteiger partial charge >= 0.3 is 0 Å². The zero-order valence-corrected chi connectivity index (χ0v) is 12.4. The molecule has 2 aromatic heterocycles. The number of benzene rings is 1. The Bertz CT molecular complexity index is 853. The molecule has 23 heavy (non-hydrogen) atoms. The van der Waals surface area contributed by atoms with E-state index in [1.54, 1.807) is 18.3 Å². The molecule has 5 N–H and O–H groups in total. The number of aromatic nitrogens is 3. The van der Waals surface area contributed by atoms with E-state index in [2.05, 4.69) is 25.8 Å². The van der Waals surface area contributed by atoms with E-state index in [1.807, 2.05) is 6.07 Å². The van der Waals surface area contributed by atoms with Gasteiger partial charge in [-0.1, -0.05) is 6.07 Å². The van der Waals surface area contributed by atoms with Gasteiger partial charge in [-0.15, -0.1) is 0 Å². The van der Waals surface area contributed by atoms with Gasteiger partial charge in [0.25, 0.3) is 0 Å². The molecule has 0 aliphatic carbocycles. The molecular weight excluding hydrogens is 295 g/mol. The molecule has 1 saturated heterocycles. The molecule has 1 aliphatic rings. The van der Waals surface area contributed by atoms with Crippen LogP contribution in [0.3, 0.4) is 0 Å². The predicted octanol–water partition coefficient (Wildman–Crippen LogP) is 2.12. The normalized spacial score (nSPS) is 17.7. The molecule has 0 spiro atoms. The fraction of sp³-hybridized carbons (Fsp3) is 0.250. The molecule has 1 aromatic carbocycles. The van der Waals surface area contributed by atoms with Crippen molar-refractivity contribution in [1.29, 1.82) is 0 Å². The fourth-order valence-electron chi connectivity index (χ4n) is 2.96. The third-order valence-electron chi connectivity index (χ3n) is 4.17. The van der Waals surface area contributed by atoms with Crippen molar-refractivity contribution in [2.24, 2.45) is 0 Å². The van der Waals surface area contributed by atoms with Gasteiger partial charge in [-0.2, -0.15) is 5.10 Å². The number of H-pyrrole nitrogens is 1. The van der Waals surface area contributed by atoms with Crippen molar-refractivity contribution in [1.82, 2.24) is 20.5 Å². The number of pyridine rings is 1. The molecule has 6 nitrogen and oxygen atoms in total. The maximum Gasteiger partial charge on any atom is 0.158 e. The van der Waals surface area contributed by atoms with Gasteiger partial charge < -0.3 is 16.4 Å². The highest BCUT2D eigenvalue weighted by atomic mass is 19.1. The lowest BCUT2D eigenvalue weighted by Crippen LogP contribution is -2.22. The van der Waals surface area contributed by atoms with E-state index in [4.69, 9.17) is 5.73 Å². The summed E-state index contributed by atoms with van der Waals surface area (Å²) in [5, 5.41) is 14.9. The average molecular weight is 312 g/mol. The van der Waals surface area contributed by atoms with E-state index in [0.717, 1.165) is 41.8 Å². The molecule has 7 heteroatoms. The van der Waals surface area contributed by atoms with Gasteiger partial charge in [-0.25, -0.2) is 9.37 Å². The summed E-state index contributed by atoms with van der Waals surface area (Å²) in [7, 11) is 0. The number of anilines is 2. The third-order valence-corrected chi connectivity index (χ3v) is 4.17. The number of rotatable bonds is 3. The van der Waals surface area contributed by atoms with E-state index >= 15 is 0 Å². The van der Waals surface area contributed by atoms with Crippen LogP contribution >= 0.6 is 0 Å². The minimum Gasteiger partial charge on any atom is -0.396 e. The van der Waals surface area contributed by atoms with Crippen molar-refractivity contribution in [3.63, 3.8) is 0 Å². The summed E-state index contributed by atoms with van der Waals surface area (Å²) in [6, 6.07) is 7.02. The Morgan fingerprint density at radius 2 is 2.22 bits per heavy atom. The Morgan fingerprint density at radius 1 is 1.30 bits per heavy atom. The Hall–Kier alpha value is -2.67. The summed E-state index contributed by atoms with van der Waals surface area (Å²) >= 11 is 0. The number of hydrogen-bond donors (Lipinski definition) is 4. The first-order valence-corrected chi connectivity index (χ1v) is 7.58. The van der Waals surface area contributed by atoms with Gasteiger partial charge in [0.1, 0.15) is 5.82 Å². The van der Waals surface area contributed by atoms with Crippen molar-refractivity contribution in [2.45, 2.75) is 12.5 Å². The van der Waals surface area contributed by atoms with E-state index in [-0.39, 0.29) is 5.69 Å². The molecule has 4 rings (SSSR count). The van der Waals surface area contributed by atoms with Crippen LogP contribution in [0.4, 0.5) is 15.9 Å². The molecule has 0 amide bonds. The number of nitrogen functional groups attached to an aromatic ring is 1. The first-order valence-electron chi connectivity index (χ1n) is 7.58. The summed E-state index contributed by atoms with van der Waals surface area (Å²) < 4.78 is 13.8. The summed E-state index contributed by atoms with van der Waals surface area (Å²) in [5.41, 5.74) is 8.01. The number of fused-ring (bicyclic) bond motifs is 1. The molecule has 3 aromatic rings. The second kappa shape index (κ2) is 5.51. The first kappa shape index (κ1) is 14.0. The van der Waals surface area contributed by atoms with Gasteiger partial charge in [-0.05, 0) is 42.3 Å². The van der Waals surface area contributed by atoms with Crippen LogP contribution in [0.25, 0.3) is 22.2 Å². The summed E-state index contributed by atoms with van der Waals surface area (Å²) in [6.45, 7) is 1.90. The summed E-state index contributed by atoms with van der Waals surface area (Å²) in [6.07, 6.45) is 2.73. The van der Waals surface area contributed by atoms with Crippen LogP contribution < -0.4 is 16.4 Å². The largest absolute Gasteiger partial charge is 0.396 e. The number of halogens is 1. The van der Waals surface area contributed by atoms with E-state index in [9.17, 15) is 4.39 Å². The third kappa shape index (κ3) is 2.49. The van der Waals surface area contributed by atoms with Crippen LogP contribution in [-0.2, 0) is 0 Å². The zero-order valence-electron chi connectivity index (χ0n) is 12.4. The van der Waals surface area contributed by atoms with Crippen LogP contribution in [0.15, 0.2) is 30.5 Å². The molecule has 1 fully saturated rings. The molecule has 1 aliphatic heterocycles. The molecule has 0 saturated carbocycles. The van der Waals surface area contributed by atoms with Crippen LogP contribution in [0, 0.1) is 5.82 Å². The van der Waals surface area contributed by atoms with E-state index in [1.165, 1.54) is 6.07 Å². The van der Waals surface area contributed by atoms with Crippen molar-refractivity contribution >= 4 is 22.5 Å². The van der Waals surface area contributed by atoms with Crippen LogP contribution in [0.2, 0.25) is 0 Å². The Labute approximate surface area is 132 Å². The molecule has 0 bridgehead atoms. The minimum atomic E-state index is -0.426. The van der Waals surface area contributed by atoms with Crippen molar-refractivity contribution in [3.05, 3.63) is 36.3 Å². The number of aromatic amines is 1. The van der Waals surface area contributed by atoms with Crippen molar-refractivity contribution in [2.75, 3.05) is 24.1 Å². The first-order chi connectivity index (χ1) is 11.2. The predicted molar refractivity (Wildman–Crippen MR) is 88.6 cm³/mol. The van der Waals surface area contributed by atoms with Crippen LogP contribution in [-0.4, -0.2) is 34.3 Å². The van der Waals surface area contributed by atoms with Gasteiger partial charge in [-0.3, -0.25) is 5.10 Å². The van der Waals surface area contributed by atoms with E-state index < -0.39 is 5.82 Å². The van der Waals surface area contributed by atoms with Crippen molar-refractivity contribution < 1.29 is 4.39 Å². The zero-order chi connectivity index (χ0) is 15.8. The Morgan fingerprint density at radius 3 is 3.00 bits per heavy atom. The minimum absolute atomic E-state index is 0.140. The molecule has 0 radical (unpaired) electrons. The standard InChI is InChI=1S/C16H17FN6/c17-12-7-9(1-2-13(12)18)11-4-6-20-15-14(11)16(23-22-15)21-10-3-5-19-8-10/h1-2,4,6-7,10,19H,3,5,8,18H2,(H2,20,21,22,23)/t10-/m1/s1. The highest BCUT2D eigenvalue weighted by molar-refractivity contribution is 6.00. The monoisotopic (exact) mass is 312 g/mol. The van der Waals surface area contributed by atoms with Gasteiger partial charge in [0, 0.05) is 18.8 Å². The van der Waals surface area contributed by atoms with Gasteiger partial charge in [0.2, 0.25) is 0 Å². The Kier molecular flexibility index (Phi) is 3.34. The Balaban J connectivity index is 1.82. The highest BCUT2D eigenvalue weighted by Gasteiger charge is 2.19. The quantitative estimate of drug-likeness (QED) is 0.556. The second-order valence-corrected chi connectivity index (χ2v) is 5.72. The molecule has 1 atom stereocenters.